The lowest BCUT2D eigenvalue weighted by molar-refractivity contribution is 0.1000. The highest BCUT2D eigenvalue weighted by atomic mass is 32.2. The van der Waals surface area contributed by atoms with E-state index < -0.39 is 0 Å². The van der Waals surface area contributed by atoms with Gasteiger partial charge in [0.25, 0.3) is 5.91 Å². The minimum Gasteiger partial charge on any atom is -0.375 e. The highest BCUT2D eigenvalue weighted by molar-refractivity contribution is 7.99. The van der Waals surface area contributed by atoms with Gasteiger partial charge >= 0.3 is 0 Å². The molecule has 168 valence electrons. The van der Waals surface area contributed by atoms with E-state index in [1.165, 1.54) is 23.3 Å². The first-order chi connectivity index (χ1) is 15.5. The van der Waals surface area contributed by atoms with Crippen molar-refractivity contribution in [3.8, 4) is 5.69 Å². The van der Waals surface area contributed by atoms with Crippen LogP contribution in [0.4, 0.5) is 5.00 Å². The summed E-state index contributed by atoms with van der Waals surface area (Å²) < 4.78 is 2.21. The molecule has 6 nitrogen and oxygen atoms in total. The number of para-hydroxylation sites is 1. The number of thioether (sulfide) groups is 1. The molecule has 2 aromatic heterocycles. The van der Waals surface area contributed by atoms with Gasteiger partial charge in [0, 0.05) is 28.3 Å². The van der Waals surface area contributed by atoms with Crippen molar-refractivity contribution in [3.05, 3.63) is 52.2 Å². The van der Waals surface area contributed by atoms with Crippen molar-refractivity contribution in [2.75, 3.05) is 11.9 Å². The summed E-state index contributed by atoms with van der Waals surface area (Å²) in [6, 6.07) is 10.4. The molecule has 2 aliphatic carbocycles. The summed E-state index contributed by atoms with van der Waals surface area (Å²) in [4.78, 5) is 13.5. The minimum absolute atomic E-state index is 0.243. The van der Waals surface area contributed by atoms with E-state index >= 15 is 0 Å². The van der Waals surface area contributed by atoms with Crippen LogP contribution in [0.5, 0.6) is 0 Å². The number of fused-ring (bicyclic) bond motifs is 1. The number of nitrogens with one attached hydrogen (secondary N) is 1. The van der Waals surface area contributed by atoms with Crippen LogP contribution in [0.2, 0.25) is 0 Å². The molecule has 3 N–H and O–H groups in total. The molecule has 1 saturated carbocycles. The first kappa shape index (κ1) is 21.5. The number of carbonyl (C=O) groups excluding carboxylic acids is 1. The number of rotatable bonds is 8. The number of hydrogen-bond acceptors (Lipinski definition) is 6. The Hall–Kier alpha value is -2.32. The van der Waals surface area contributed by atoms with E-state index in [4.69, 9.17) is 5.73 Å². The summed E-state index contributed by atoms with van der Waals surface area (Å²) in [5, 5.41) is 14.7. The number of amides is 1. The van der Waals surface area contributed by atoms with E-state index in [1.54, 1.807) is 23.1 Å². The van der Waals surface area contributed by atoms with Gasteiger partial charge in [-0.1, -0.05) is 43.8 Å². The lowest BCUT2D eigenvalue weighted by Crippen LogP contribution is -2.19. The van der Waals surface area contributed by atoms with Gasteiger partial charge in [-0.2, -0.15) is 0 Å². The number of carbonyl (C=O) groups is 1. The van der Waals surface area contributed by atoms with Crippen LogP contribution in [0.25, 0.3) is 5.69 Å². The molecule has 8 heteroatoms. The Balaban J connectivity index is 1.33. The fourth-order valence-electron chi connectivity index (χ4n) is 4.38. The monoisotopic (exact) mass is 467 g/mol. The summed E-state index contributed by atoms with van der Waals surface area (Å²) >= 11 is 3.42. The summed E-state index contributed by atoms with van der Waals surface area (Å²) in [6.07, 6.45) is 5.47. The van der Waals surface area contributed by atoms with Crippen molar-refractivity contribution in [1.82, 2.24) is 14.8 Å². The quantitative estimate of drug-likeness (QED) is 0.454. The van der Waals surface area contributed by atoms with Gasteiger partial charge in [0.1, 0.15) is 10.8 Å². The molecular formula is C24H29N5OS2. The zero-order valence-corrected chi connectivity index (χ0v) is 20.1. The third-order valence-corrected chi connectivity index (χ3v) is 8.49. The average molecular weight is 468 g/mol. The Labute approximate surface area is 197 Å². The number of nitrogens with two attached hydrogens (primary N) is 1. The lowest BCUT2D eigenvalue weighted by Gasteiger charge is -2.18. The van der Waals surface area contributed by atoms with Crippen molar-refractivity contribution in [1.29, 1.82) is 0 Å². The largest absolute Gasteiger partial charge is 0.375 e. The molecule has 0 saturated heterocycles. The SMILES string of the molecule is CC1CCc2c(sc(NCC(C)Sc3nnc(C4CC4)n3-c3ccccc3)c2C(N)=O)C1. The first-order valence-corrected chi connectivity index (χ1v) is 13.1. The van der Waals surface area contributed by atoms with Crippen LogP contribution in [0.3, 0.4) is 0 Å². The Kier molecular flexibility index (Phi) is 5.99. The molecular weight excluding hydrogens is 438 g/mol. The Bertz CT molecular complexity index is 1120. The first-order valence-electron chi connectivity index (χ1n) is 11.4. The van der Waals surface area contributed by atoms with Crippen molar-refractivity contribution >= 4 is 34.0 Å². The maximum atomic E-state index is 12.2. The van der Waals surface area contributed by atoms with Gasteiger partial charge in [0.15, 0.2) is 5.16 Å². The zero-order chi connectivity index (χ0) is 22.2. The lowest BCUT2D eigenvalue weighted by atomic mass is 9.88. The van der Waals surface area contributed by atoms with E-state index in [2.05, 4.69) is 58.2 Å². The van der Waals surface area contributed by atoms with Gasteiger partial charge in [0.05, 0.1) is 5.56 Å². The Morgan fingerprint density at radius 2 is 2.06 bits per heavy atom. The summed E-state index contributed by atoms with van der Waals surface area (Å²) in [5.41, 5.74) is 8.75. The minimum atomic E-state index is -0.322. The maximum absolute atomic E-state index is 12.2. The van der Waals surface area contributed by atoms with E-state index in [9.17, 15) is 4.79 Å². The van der Waals surface area contributed by atoms with Gasteiger partial charge in [-0.25, -0.2) is 0 Å². The molecule has 3 aromatic rings. The Morgan fingerprint density at radius 3 is 2.78 bits per heavy atom. The molecule has 1 amide bonds. The van der Waals surface area contributed by atoms with Gasteiger partial charge < -0.3 is 11.1 Å². The highest BCUT2D eigenvalue weighted by Gasteiger charge is 2.31. The third-order valence-electron chi connectivity index (χ3n) is 6.23. The maximum Gasteiger partial charge on any atom is 0.251 e. The van der Waals surface area contributed by atoms with Crippen LogP contribution < -0.4 is 11.1 Å². The molecule has 0 radical (unpaired) electrons. The molecule has 0 aliphatic heterocycles. The van der Waals surface area contributed by atoms with Crippen LogP contribution in [-0.4, -0.2) is 32.5 Å². The average Bonchev–Trinajstić information content (AvgIpc) is 3.43. The summed E-state index contributed by atoms with van der Waals surface area (Å²) in [5.74, 6) is 1.92. The number of hydrogen-bond donors (Lipinski definition) is 2. The van der Waals surface area contributed by atoms with Gasteiger partial charge in [-0.15, -0.1) is 21.5 Å². The molecule has 32 heavy (non-hydrogen) atoms. The molecule has 5 rings (SSSR count). The molecule has 2 atom stereocenters. The Morgan fingerprint density at radius 1 is 1.28 bits per heavy atom. The van der Waals surface area contributed by atoms with Gasteiger partial charge in [-0.05, 0) is 55.7 Å². The molecule has 2 aliphatic rings. The van der Waals surface area contributed by atoms with Crippen LogP contribution in [0, 0.1) is 5.92 Å². The number of primary amides is 1. The predicted octanol–water partition coefficient (Wildman–Crippen LogP) is 5.02. The van der Waals surface area contributed by atoms with Crippen molar-refractivity contribution in [2.45, 2.75) is 62.3 Å². The van der Waals surface area contributed by atoms with E-state index in [-0.39, 0.29) is 11.2 Å². The zero-order valence-electron chi connectivity index (χ0n) is 18.5. The molecule has 1 aromatic carbocycles. The summed E-state index contributed by atoms with van der Waals surface area (Å²) in [6.45, 7) is 5.18. The topological polar surface area (TPSA) is 85.8 Å². The summed E-state index contributed by atoms with van der Waals surface area (Å²) in [7, 11) is 0. The van der Waals surface area contributed by atoms with Crippen molar-refractivity contribution in [3.63, 3.8) is 0 Å². The van der Waals surface area contributed by atoms with E-state index in [0.717, 1.165) is 47.5 Å². The predicted molar refractivity (Wildman–Crippen MR) is 131 cm³/mol. The van der Waals surface area contributed by atoms with Crippen LogP contribution >= 0.6 is 23.1 Å². The third kappa shape index (κ3) is 4.30. The van der Waals surface area contributed by atoms with Crippen LogP contribution in [0.1, 0.15) is 65.7 Å². The number of benzene rings is 1. The van der Waals surface area contributed by atoms with Crippen LogP contribution in [-0.2, 0) is 12.8 Å². The molecule has 1 fully saturated rings. The number of thiophene rings is 1. The second-order valence-corrected chi connectivity index (χ2v) is 11.5. The smallest absolute Gasteiger partial charge is 0.251 e. The van der Waals surface area contributed by atoms with Crippen LogP contribution in [0.15, 0.2) is 35.5 Å². The standard InChI is InChI=1S/C24H29N5OS2/c1-14-8-11-18-19(12-14)32-23(20(18)21(25)30)26-13-15(2)31-24-28-27-22(16-9-10-16)29(24)17-6-4-3-5-7-17/h3-7,14-16,26H,8-13H2,1-2H3,(H2,25,30). The van der Waals surface area contributed by atoms with Gasteiger partial charge in [-0.3, -0.25) is 9.36 Å². The number of nitrogens with zero attached hydrogens (tertiary/aromatic N) is 3. The fraction of sp³-hybridized carbons (Fsp3) is 0.458. The normalized spacial score (nSPS) is 18.9. The second kappa shape index (κ2) is 8.90. The van der Waals surface area contributed by atoms with E-state index in [1.807, 2.05) is 6.07 Å². The molecule has 0 spiro atoms. The number of aromatic nitrogens is 3. The highest BCUT2D eigenvalue weighted by Crippen LogP contribution is 2.42. The number of anilines is 1. The van der Waals surface area contributed by atoms with E-state index in [0.29, 0.717) is 17.4 Å². The fourth-order valence-corrected chi connectivity index (χ4v) is 6.72. The molecule has 2 heterocycles. The van der Waals surface area contributed by atoms with Crippen molar-refractivity contribution in [2.24, 2.45) is 11.7 Å². The second-order valence-electron chi connectivity index (χ2n) is 9.02. The van der Waals surface area contributed by atoms with Gasteiger partial charge in [0.2, 0.25) is 0 Å². The van der Waals surface area contributed by atoms with Crippen molar-refractivity contribution < 1.29 is 4.79 Å². The molecule has 2 unspecified atom stereocenters. The molecule has 0 bridgehead atoms.